The molecule has 0 saturated carbocycles. The summed E-state index contributed by atoms with van der Waals surface area (Å²) in [5.41, 5.74) is 0. The molecule has 0 aliphatic rings. The van der Waals surface area contributed by atoms with Gasteiger partial charge in [-0.05, 0) is 30.5 Å². The highest BCUT2D eigenvalue weighted by atomic mass is 35.5. The lowest BCUT2D eigenvalue weighted by molar-refractivity contribution is -0.107. The zero-order chi connectivity index (χ0) is 12.1. The maximum Gasteiger partial charge on any atom is 0.245 e. The van der Waals surface area contributed by atoms with E-state index in [0.29, 0.717) is 0 Å². The Bertz CT molecular complexity index is 219. The molecule has 0 fully saturated rings. The predicted octanol–water partition coefficient (Wildman–Crippen LogP) is 5.00. The standard InChI is InChI=1S/C14H23ClO/c1-2-3-4-5-6-7-8-9-10-11-12-13-14(15)16/h10-13H,2-9H2,1H3/b11-10+,13-12+. The van der Waals surface area contributed by atoms with Crippen molar-refractivity contribution in [3.8, 4) is 0 Å². The Hall–Kier alpha value is -0.560. The molecule has 0 aliphatic carbocycles. The fourth-order valence-corrected chi connectivity index (χ4v) is 1.60. The van der Waals surface area contributed by atoms with Crippen molar-refractivity contribution in [2.75, 3.05) is 0 Å². The van der Waals surface area contributed by atoms with Gasteiger partial charge in [0.1, 0.15) is 0 Å². The van der Waals surface area contributed by atoms with Crippen LogP contribution in [0.2, 0.25) is 0 Å². The van der Waals surface area contributed by atoms with Crippen LogP contribution in [0.1, 0.15) is 58.3 Å². The maximum absolute atomic E-state index is 10.3. The molecular weight excluding hydrogens is 220 g/mol. The molecule has 0 amide bonds. The minimum atomic E-state index is -0.416. The van der Waals surface area contributed by atoms with Crippen LogP contribution in [0, 0.1) is 0 Å². The summed E-state index contributed by atoms with van der Waals surface area (Å²) in [6.45, 7) is 2.24. The molecule has 0 radical (unpaired) electrons. The second-order valence-corrected chi connectivity index (χ2v) is 4.37. The van der Waals surface area contributed by atoms with Crippen LogP contribution >= 0.6 is 11.6 Å². The zero-order valence-electron chi connectivity index (χ0n) is 10.3. The summed E-state index contributed by atoms with van der Waals surface area (Å²) >= 11 is 5.14. The Kier molecular flexibility index (Phi) is 12.1. The summed E-state index contributed by atoms with van der Waals surface area (Å²) in [5, 5.41) is -0.416. The van der Waals surface area contributed by atoms with E-state index < -0.39 is 5.24 Å². The first-order chi connectivity index (χ1) is 7.77. The van der Waals surface area contributed by atoms with Crippen molar-refractivity contribution in [2.24, 2.45) is 0 Å². The van der Waals surface area contributed by atoms with Crippen LogP contribution in [-0.4, -0.2) is 5.24 Å². The summed E-state index contributed by atoms with van der Waals surface area (Å²) in [4.78, 5) is 10.3. The molecule has 2 heteroatoms. The third-order valence-electron chi connectivity index (χ3n) is 2.45. The van der Waals surface area contributed by atoms with E-state index in [4.69, 9.17) is 11.6 Å². The molecule has 0 unspecified atom stereocenters. The maximum atomic E-state index is 10.3. The van der Waals surface area contributed by atoms with Crippen molar-refractivity contribution in [1.82, 2.24) is 0 Å². The Morgan fingerprint density at radius 1 is 1.00 bits per heavy atom. The quantitative estimate of drug-likeness (QED) is 0.228. The molecule has 0 aliphatic heterocycles. The molecule has 0 rings (SSSR count). The minimum absolute atomic E-state index is 0.416. The van der Waals surface area contributed by atoms with Crippen molar-refractivity contribution >= 4 is 16.8 Å². The van der Waals surface area contributed by atoms with Gasteiger partial charge in [-0.2, -0.15) is 0 Å². The van der Waals surface area contributed by atoms with Gasteiger partial charge in [-0.3, -0.25) is 4.79 Å². The number of unbranched alkanes of at least 4 members (excludes halogenated alkanes) is 7. The molecule has 0 bridgehead atoms. The summed E-state index contributed by atoms with van der Waals surface area (Å²) in [6, 6.07) is 0. The van der Waals surface area contributed by atoms with E-state index in [-0.39, 0.29) is 0 Å². The van der Waals surface area contributed by atoms with Crippen LogP contribution in [0.15, 0.2) is 24.3 Å². The van der Waals surface area contributed by atoms with Gasteiger partial charge in [0.2, 0.25) is 5.24 Å². The second kappa shape index (κ2) is 12.5. The summed E-state index contributed by atoms with van der Waals surface area (Å²) < 4.78 is 0. The molecule has 0 spiro atoms. The number of rotatable bonds is 10. The molecule has 16 heavy (non-hydrogen) atoms. The molecular formula is C14H23ClO. The van der Waals surface area contributed by atoms with Gasteiger partial charge in [0.15, 0.2) is 0 Å². The van der Waals surface area contributed by atoms with Crippen LogP contribution < -0.4 is 0 Å². The normalized spacial score (nSPS) is 11.6. The van der Waals surface area contributed by atoms with E-state index >= 15 is 0 Å². The largest absolute Gasteiger partial charge is 0.276 e. The van der Waals surface area contributed by atoms with Gasteiger partial charge in [-0.25, -0.2) is 0 Å². The predicted molar refractivity (Wildman–Crippen MR) is 71.8 cm³/mol. The Morgan fingerprint density at radius 3 is 2.25 bits per heavy atom. The van der Waals surface area contributed by atoms with Crippen LogP contribution in [0.5, 0.6) is 0 Å². The van der Waals surface area contributed by atoms with Crippen LogP contribution in [0.25, 0.3) is 0 Å². The molecule has 0 saturated heterocycles. The monoisotopic (exact) mass is 242 g/mol. The Labute approximate surface area is 105 Å². The van der Waals surface area contributed by atoms with Gasteiger partial charge in [-0.1, -0.05) is 63.7 Å². The highest BCUT2D eigenvalue weighted by Gasteiger charge is 1.88. The van der Waals surface area contributed by atoms with Crippen molar-refractivity contribution in [3.63, 3.8) is 0 Å². The summed E-state index contributed by atoms with van der Waals surface area (Å²) in [7, 11) is 0. The lowest BCUT2D eigenvalue weighted by Crippen LogP contribution is -1.78. The van der Waals surface area contributed by atoms with Crippen LogP contribution in [0.4, 0.5) is 0 Å². The Morgan fingerprint density at radius 2 is 1.62 bits per heavy atom. The lowest BCUT2D eigenvalue weighted by atomic mass is 10.1. The average Bonchev–Trinajstić information content (AvgIpc) is 2.25. The minimum Gasteiger partial charge on any atom is -0.276 e. The lowest BCUT2D eigenvalue weighted by Gasteiger charge is -1.98. The molecule has 0 atom stereocenters. The van der Waals surface area contributed by atoms with Gasteiger partial charge in [0, 0.05) is 0 Å². The average molecular weight is 243 g/mol. The number of hydrogen-bond acceptors (Lipinski definition) is 1. The molecule has 0 N–H and O–H groups in total. The molecule has 0 aromatic carbocycles. The molecule has 0 heterocycles. The number of carbonyl (C=O) groups excluding carboxylic acids is 1. The number of carbonyl (C=O) groups is 1. The zero-order valence-corrected chi connectivity index (χ0v) is 11.0. The molecule has 0 aromatic rings. The molecule has 1 nitrogen and oxygen atoms in total. The SMILES string of the molecule is CCCCCCCCC/C=C/C=C/C(=O)Cl. The number of halogens is 1. The van der Waals surface area contributed by atoms with E-state index in [2.05, 4.69) is 13.0 Å². The third kappa shape index (κ3) is 13.4. The fraction of sp³-hybridized carbons (Fsp3) is 0.643. The smallest absolute Gasteiger partial charge is 0.245 e. The first-order valence-electron chi connectivity index (χ1n) is 6.30. The summed E-state index contributed by atoms with van der Waals surface area (Å²) in [6.07, 6.45) is 17.5. The number of hydrogen-bond donors (Lipinski definition) is 0. The number of allylic oxidation sites excluding steroid dienone is 4. The molecule has 92 valence electrons. The van der Waals surface area contributed by atoms with Crippen molar-refractivity contribution in [3.05, 3.63) is 24.3 Å². The first-order valence-corrected chi connectivity index (χ1v) is 6.68. The second-order valence-electron chi connectivity index (χ2n) is 4.00. The summed E-state index contributed by atoms with van der Waals surface area (Å²) in [5.74, 6) is 0. The van der Waals surface area contributed by atoms with E-state index in [0.717, 1.165) is 6.42 Å². The van der Waals surface area contributed by atoms with Gasteiger partial charge in [0.05, 0.1) is 0 Å². The van der Waals surface area contributed by atoms with Crippen molar-refractivity contribution < 1.29 is 4.79 Å². The van der Waals surface area contributed by atoms with E-state index in [1.165, 1.54) is 51.0 Å². The van der Waals surface area contributed by atoms with E-state index in [9.17, 15) is 4.79 Å². The first kappa shape index (κ1) is 15.4. The highest BCUT2D eigenvalue weighted by molar-refractivity contribution is 6.66. The van der Waals surface area contributed by atoms with E-state index in [1.54, 1.807) is 6.08 Å². The Balaban J connectivity index is 3.17. The fourth-order valence-electron chi connectivity index (χ4n) is 1.53. The van der Waals surface area contributed by atoms with Crippen LogP contribution in [0.3, 0.4) is 0 Å². The van der Waals surface area contributed by atoms with Crippen LogP contribution in [-0.2, 0) is 4.79 Å². The van der Waals surface area contributed by atoms with E-state index in [1.807, 2.05) is 6.08 Å². The third-order valence-corrected chi connectivity index (χ3v) is 2.57. The van der Waals surface area contributed by atoms with Gasteiger partial charge >= 0.3 is 0 Å². The van der Waals surface area contributed by atoms with Crippen molar-refractivity contribution in [2.45, 2.75) is 58.3 Å². The molecule has 0 aromatic heterocycles. The van der Waals surface area contributed by atoms with Gasteiger partial charge in [-0.15, -0.1) is 0 Å². The van der Waals surface area contributed by atoms with Gasteiger partial charge < -0.3 is 0 Å². The highest BCUT2D eigenvalue weighted by Crippen LogP contribution is 2.08. The van der Waals surface area contributed by atoms with Crippen molar-refractivity contribution in [1.29, 1.82) is 0 Å². The topological polar surface area (TPSA) is 17.1 Å². The van der Waals surface area contributed by atoms with Gasteiger partial charge in [0.25, 0.3) is 0 Å².